The molecular formula is C26H33F3N2O2. The molecule has 2 aliphatic carbocycles. The normalized spacial score (nSPS) is 35.0. The maximum absolute atomic E-state index is 13.1. The second kappa shape index (κ2) is 8.33. The summed E-state index contributed by atoms with van der Waals surface area (Å²) < 4.78 is 45.1. The van der Waals surface area contributed by atoms with Crippen molar-refractivity contribution in [2.45, 2.75) is 51.8 Å². The molecule has 180 valence electrons. The van der Waals surface area contributed by atoms with Gasteiger partial charge in [0.2, 0.25) is 0 Å². The van der Waals surface area contributed by atoms with Crippen LogP contribution in [0.25, 0.3) is 0 Å². The van der Waals surface area contributed by atoms with Crippen LogP contribution >= 0.6 is 0 Å². The smallest absolute Gasteiger partial charge is 0.416 e. The second-order valence-electron chi connectivity index (χ2n) is 10.7. The maximum atomic E-state index is 13.1. The summed E-state index contributed by atoms with van der Waals surface area (Å²) in [5.74, 6) is 0.470. The van der Waals surface area contributed by atoms with Crippen LogP contribution in [-0.2, 0) is 15.7 Å². The Hall–Kier alpha value is -2.02. The summed E-state index contributed by atoms with van der Waals surface area (Å²) in [6, 6.07) is 5.54. The van der Waals surface area contributed by atoms with Crippen molar-refractivity contribution in [3.05, 3.63) is 41.5 Å². The fraction of sp³-hybridized carbons (Fsp3) is 0.654. The minimum absolute atomic E-state index is 0.0204. The van der Waals surface area contributed by atoms with Gasteiger partial charge in [0.25, 0.3) is 0 Å². The summed E-state index contributed by atoms with van der Waals surface area (Å²) in [4.78, 5) is 17.1. The van der Waals surface area contributed by atoms with E-state index in [1.54, 1.807) is 6.07 Å². The first-order valence-corrected chi connectivity index (χ1v) is 12.2. The number of ether oxygens (including phenoxy) is 1. The van der Waals surface area contributed by atoms with E-state index in [4.69, 9.17) is 4.74 Å². The molecule has 0 bridgehead atoms. The number of piperazine rings is 1. The summed E-state index contributed by atoms with van der Waals surface area (Å²) in [5.41, 5.74) is 1.67. The van der Waals surface area contributed by atoms with E-state index in [9.17, 15) is 18.0 Å². The lowest BCUT2D eigenvalue weighted by molar-refractivity contribution is -0.145. The third-order valence-corrected chi connectivity index (χ3v) is 8.45. The Morgan fingerprint density at radius 3 is 2.67 bits per heavy atom. The molecule has 2 saturated heterocycles. The van der Waals surface area contributed by atoms with Crippen molar-refractivity contribution in [2.24, 2.45) is 23.2 Å². The number of alkyl halides is 3. The van der Waals surface area contributed by atoms with Crippen LogP contribution in [0.4, 0.5) is 18.9 Å². The van der Waals surface area contributed by atoms with Gasteiger partial charge in [-0.1, -0.05) is 38.0 Å². The number of anilines is 1. The number of benzene rings is 1. The average molecular weight is 463 g/mol. The van der Waals surface area contributed by atoms with E-state index in [-0.39, 0.29) is 29.3 Å². The highest BCUT2D eigenvalue weighted by Gasteiger charge is 2.52. The van der Waals surface area contributed by atoms with Crippen LogP contribution in [0.1, 0.15) is 45.1 Å². The summed E-state index contributed by atoms with van der Waals surface area (Å²) in [7, 11) is 0. The minimum Gasteiger partial charge on any atom is -0.461 e. The van der Waals surface area contributed by atoms with Crippen molar-refractivity contribution in [1.82, 2.24) is 4.90 Å². The highest BCUT2D eigenvalue weighted by molar-refractivity contribution is 5.76. The molecule has 0 aromatic heterocycles. The quantitative estimate of drug-likeness (QED) is 0.460. The van der Waals surface area contributed by atoms with Crippen LogP contribution in [0.3, 0.4) is 0 Å². The molecule has 0 unspecified atom stereocenters. The van der Waals surface area contributed by atoms with E-state index in [2.05, 4.69) is 24.8 Å². The van der Waals surface area contributed by atoms with Gasteiger partial charge in [-0.15, -0.1) is 0 Å². The standard InChI is InChI=1S/C26H33F3N2O2/c1-17-5-4-8-25(2)15-23-20(14-22(17)25)21(24(32)33-23)16-30-9-11-31(12-10-30)19-7-3-6-18(13-19)26(27,28)29/h3,6-7,13-14,17,20-21,23H,4-5,8-12,15-16H2,1-2H3/t17-,20+,21-,23+,25+/m0/s1. The molecule has 1 saturated carbocycles. The van der Waals surface area contributed by atoms with Crippen LogP contribution in [0.15, 0.2) is 35.9 Å². The minimum atomic E-state index is -4.34. The lowest BCUT2D eigenvalue weighted by Crippen LogP contribution is -2.49. The van der Waals surface area contributed by atoms with Gasteiger partial charge >= 0.3 is 12.1 Å². The lowest BCUT2D eigenvalue weighted by atomic mass is 9.59. The fourth-order valence-electron chi connectivity index (χ4n) is 6.60. The number of hydrogen-bond acceptors (Lipinski definition) is 4. The molecule has 0 amide bonds. The first-order valence-electron chi connectivity index (χ1n) is 12.2. The summed E-state index contributed by atoms with van der Waals surface area (Å²) in [6.45, 7) is 8.04. The SMILES string of the molecule is C[C@H]1CCC[C@]2(C)C[C@H]3OC(=O)[C@@H](CN4CCN(c5cccc(C(F)(F)F)c5)CC4)[C@H]3C=C12. The van der Waals surface area contributed by atoms with Crippen molar-refractivity contribution in [3.8, 4) is 0 Å². The number of carbonyl (C=O) groups is 1. The number of fused-ring (bicyclic) bond motifs is 2. The molecule has 2 heterocycles. The van der Waals surface area contributed by atoms with Crippen molar-refractivity contribution in [3.63, 3.8) is 0 Å². The Labute approximate surface area is 193 Å². The van der Waals surface area contributed by atoms with Crippen LogP contribution in [0.2, 0.25) is 0 Å². The number of hydrogen-bond donors (Lipinski definition) is 0. The molecule has 0 N–H and O–H groups in total. The number of rotatable bonds is 3. The molecule has 5 atom stereocenters. The Kier molecular flexibility index (Phi) is 5.74. The molecule has 3 fully saturated rings. The molecule has 0 radical (unpaired) electrons. The first kappa shape index (κ1) is 22.8. The van der Waals surface area contributed by atoms with E-state index >= 15 is 0 Å². The van der Waals surface area contributed by atoms with Gasteiger partial charge in [-0.25, -0.2) is 0 Å². The Morgan fingerprint density at radius 1 is 1.18 bits per heavy atom. The van der Waals surface area contributed by atoms with Crippen molar-refractivity contribution >= 4 is 11.7 Å². The third-order valence-electron chi connectivity index (χ3n) is 8.45. The van der Waals surface area contributed by atoms with Gasteiger partial charge in [-0.05, 0) is 48.8 Å². The van der Waals surface area contributed by atoms with Gasteiger partial charge in [-0.2, -0.15) is 13.2 Å². The molecule has 0 spiro atoms. The van der Waals surface area contributed by atoms with Crippen LogP contribution in [-0.4, -0.2) is 49.7 Å². The molecule has 33 heavy (non-hydrogen) atoms. The van der Waals surface area contributed by atoms with Gasteiger partial charge in [0.15, 0.2) is 0 Å². The molecular weight excluding hydrogens is 429 g/mol. The van der Waals surface area contributed by atoms with Crippen LogP contribution in [0.5, 0.6) is 0 Å². The van der Waals surface area contributed by atoms with Gasteiger partial charge in [0.05, 0.1) is 11.5 Å². The molecule has 4 nitrogen and oxygen atoms in total. The first-order chi connectivity index (χ1) is 15.6. The van der Waals surface area contributed by atoms with Gasteiger partial charge in [0, 0.05) is 44.3 Å². The maximum Gasteiger partial charge on any atom is 0.416 e. The zero-order valence-corrected chi connectivity index (χ0v) is 19.4. The molecule has 1 aromatic rings. The van der Waals surface area contributed by atoms with Gasteiger partial charge < -0.3 is 9.64 Å². The number of nitrogens with zero attached hydrogens (tertiary/aromatic N) is 2. The van der Waals surface area contributed by atoms with Crippen molar-refractivity contribution in [1.29, 1.82) is 0 Å². The number of esters is 1. The number of carbonyl (C=O) groups excluding carboxylic acids is 1. The summed E-state index contributed by atoms with van der Waals surface area (Å²) in [5, 5.41) is 0. The molecule has 5 rings (SSSR count). The Balaban J connectivity index is 1.24. The summed E-state index contributed by atoms with van der Waals surface area (Å²) in [6.07, 6.45) is 2.58. The topological polar surface area (TPSA) is 32.8 Å². The Bertz CT molecular complexity index is 938. The largest absolute Gasteiger partial charge is 0.461 e. The highest BCUT2D eigenvalue weighted by Crippen LogP contribution is 2.54. The monoisotopic (exact) mass is 462 g/mol. The molecule has 1 aromatic carbocycles. The lowest BCUT2D eigenvalue weighted by Gasteiger charge is -2.46. The summed E-state index contributed by atoms with van der Waals surface area (Å²) >= 11 is 0. The zero-order valence-electron chi connectivity index (χ0n) is 19.4. The predicted molar refractivity (Wildman–Crippen MR) is 121 cm³/mol. The molecule has 7 heteroatoms. The number of halogens is 3. The van der Waals surface area contributed by atoms with Crippen molar-refractivity contribution in [2.75, 3.05) is 37.6 Å². The van der Waals surface area contributed by atoms with E-state index in [1.807, 2.05) is 4.90 Å². The molecule has 2 aliphatic heterocycles. The van der Waals surface area contributed by atoms with E-state index in [1.165, 1.54) is 37.0 Å². The second-order valence-corrected chi connectivity index (χ2v) is 10.7. The third kappa shape index (κ3) is 4.29. The zero-order chi connectivity index (χ0) is 23.4. The average Bonchev–Trinajstić information content (AvgIpc) is 3.06. The van der Waals surface area contributed by atoms with Crippen molar-refractivity contribution < 1.29 is 22.7 Å². The Morgan fingerprint density at radius 2 is 1.94 bits per heavy atom. The van der Waals surface area contributed by atoms with E-state index in [0.717, 1.165) is 25.6 Å². The van der Waals surface area contributed by atoms with Gasteiger partial charge in [0.1, 0.15) is 6.10 Å². The highest BCUT2D eigenvalue weighted by atomic mass is 19.4. The number of allylic oxidation sites excluding steroid dienone is 1. The van der Waals surface area contributed by atoms with E-state index in [0.29, 0.717) is 31.2 Å². The van der Waals surface area contributed by atoms with Gasteiger partial charge in [-0.3, -0.25) is 9.69 Å². The predicted octanol–water partition coefficient (Wildman–Crippen LogP) is 5.14. The fourth-order valence-corrected chi connectivity index (χ4v) is 6.60. The van der Waals surface area contributed by atoms with E-state index < -0.39 is 11.7 Å². The molecule has 4 aliphatic rings. The van der Waals surface area contributed by atoms with Crippen LogP contribution in [0, 0.1) is 23.2 Å². The van der Waals surface area contributed by atoms with Crippen LogP contribution < -0.4 is 4.90 Å².